The van der Waals surface area contributed by atoms with Gasteiger partial charge in [-0.05, 0) is 101 Å². The first-order chi connectivity index (χ1) is 19.4. The van der Waals surface area contributed by atoms with E-state index >= 15 is 0 Å². The van der Waals surface area contributed by atoms with Crippen molar-refractivity contribution in [1.82, 2.24) is 10.2 Å². The molecule has 214 valence electrons. The van der Waals surface area contributed by atoms with Gasteiger partial charge in [0.05, 0.1) is 10.6 Å². The Morgan fingerprint density at radius 1 is 0.925 bits per heavy atom. The number of ether oxygens (including phenoxy) is 1. The van der Waals surface area contributed by atoms with Crippen LogP contribution in [0.15, 0.2) is 77.7 Å². The van der Waals surface area contributed by atoms with E-state index in [-0.39, 0.29) is 10.8 Å². The zero-order valence-electron chi connectivity index (χ0n) is 23.4. The van der Waals surface area contributed by atoms with Gasteiger partial charge in [-0.25, -0.2) is 8.42 Å². The fraction of sp³-hybridized carbons (Fsp3) is 0.387. The zero-order valence-corrected chi connectivity index (χ0v) is 24.3. The van der Waals surface area contributed by atoms with Gasteiger partial charge < -0.3 is 19.9 Å². The summed E-state index contributed by atoms with van der Waals surface area (Å²) in [7, 11) is -3.91. The summed E-state index contributed by atoms with van der Waals surface area (Å²) in [6.45, 7) is 9.78. The quantitative estimate of drug-likeness (QED) is 0.258. The molecule has 0 radical (unpaired) electrons. The van der Waals surface area contributed by atoms with Gasteiger partial charge in [0, 0.05) is 37.0 Å². The van der Waals surface area contributed by atoms with Crippen LogP contribution in [0.1, 0.15) is 49.9 Å². The van der Waals surface area contributed by atoms with Crippen molar-refractivity contribution in [1.29, 1.82) is 0 Å². The normalized spacial score (nSPS) is 13.9. The average molecular weight is 565 g/mol. The van der Waals surface area contributed by atoms with Crippen LogP contribution in [0.4, 0.5) is 11.4 Å². The van der Waals surface area contributed by atoms with Gasteiger partial charge in [0.1, 0.15) is 5.75 Å². The van der Waals surface area contributed by atoms with Crippen LogP contribution in [0.2, 0.25) is 0 Å². The zero-order chi connectivity index (χ0) is 28.4. The van der Waals surface area contributed by atoms with Crippen molar-refractivity contribution in [3.63, 3.8) is 0 Å². The van der Waals surface area contributed by atoms with Crippen molar-refractivity contribution < 1.29 is 17.9 Å². The van der Waals surface area contributed by atoms with Gasteiger partial charge in [0.2, 0.25) is 0 Å². The first kappa shape index (κ1) is 29.4. The highest BCUT2D eigenvalue weighted by Crippen LogP contribution is 2.32. The fourth-order valence-corrected chi connectivity index (χ4v) is 5.95. The summed E-state index contributed by atoms with van der Waals surface area (Å²) in [6, 6.07) is 20.6. The number of hydrogen-bond acceptors (Lipinski definition) is 6. The number of benzene rings is 3. The summed E-state index contributed by atoms with van der Waals surface area (Å²) in [4.78, 5) is 17.3. The first-order valence-electron chi connectivity index (χ1n) is 14.1. The Kier molecular flexibility index (Phi) is 10.4. The maximum Gasteiger partial charge on any atom is 0.262 e. The molecule has 1 aliphatic rings. The predicted molar refractivity (Wildman–Crippen MR) is 161 cm³/mol. The number of carbonyl (C=O) groups is 1. The van der Waals surface area contributed by atoms with Crippen molar-refractivity contribution >= 4 is 27.3 Å². The van der Waals surface area contributed by atoms with Crippen LogP contribution >= 0.6 is 0 Å². The molecule has 3 aromatic carbocycles. The summed E-state index contributed by atoms with van der Waals surface area (Å²) < 4.78 is 35.1. The second kappa shape index (κ2) is 14.2. The maximum atomic E-state index is 13.2. The molecule has 0 aromatic heterocycles. The molecule has 0 atom stereocenters. The lowest BCUT2D eigenvalue weighted by Crippen LogP contribution is -2.33. The Bertz CT molecular complexity index is 1350. The summed E-state index contributed by atoms with van der Waals surface area (Å²) in [6.07, 6.45) is 4.70. The predicted octanol–water partition coefficient (Wildman–Crippen LogP) is 5.73. The molecule has 0 aliphatic carbocycles. The number of para-hydroxylation sites is 2. The van der Waals surface area contributed by atoms with E-state index in [4.69, 9.17) is 4.74 Å². The summed E-state index contributed by atoms with van der Waals surface area (Å²) in [5.41, 5.74) is 1.78. The van der Waals surface area contributed by atoms with E-state index in [1.807, 2.05) is 24.3 Å². The molecule has 0 bridgehead atoms. The van der Waals surface area contributed by atoms with Gasteiger partial charge in [-0.3, -0.25) is 9.52 Å². The highest BCUT2D eigenvalue weighted by Gasteiger charge is 2.18. The molecule has 0 unspecified atom stereocenters. The number of piperidine rings is 1. The Morgan fingerprint density at radius 3 is 2.38 bits per heavy atom. The van der Waals surface area contributed by atoms with Crippen LogP contribution in [0.5, 0.6) is 11.5 Å². The molecule has 1 amide bonds. The molecule has 1 saturated heterocycles. The lowest BCUT2D eigenvalue weighted by molar-refractivity contribution is 0.0951. The van der Waals surface area contributed by atoms with Gasteiger partial charge in [-0.1, -0.05) is 24.6 Å². The second-order valence-electron chi connectivity index (χ2n) is 9.91. The minimum atomic E-state index is -3.91. The Hall–Kier alpha value is -3.56. The number of carbonyl (C=O) groups excluding carboxylic acids is 1. The maximum absolute atomic E-state index is 13.2. The third-order valence-corrected chi connectivity index (χ3v) is 8.50. The molecule has 3 aromatic rings. The lowest BCUT2D eigenvalue weighted by atomic mass is 10.1. The average Bonchev–Trinajstić information content (AvgIpc) is 2.98. The number of hydrogen-bond donors (Lipinski definition) is 2. The van der Waals surface area contributed by atoms with E-state index in [1.165, 1.54) is 43.5 Å². The molecule has 1 aliphatic heterocycles. The second-order valence-corrected chi connectivity index (χ2v) is 11.6. The Labute approximate surface area is 238 Å². The van der Waals surface area contributed by atoms with E-state index in [1.54, 1.807) is 24.3 Å². The molecule has 8 nitrogen and oxygen atoms in total. The van der Waals surface area contributed by atoms with E-state index in [9.17, 15) is 13.2 Å². The SMILES string of the molecule is CCN(CC)c1cccc(Oc2ccccc2NS(=O)(=O)c2ccc(C(=O)NCCCN3CCCCC3)cc2)c1. The molecule has 0 spiro atoms. The van der Waals surface area contributed by atoms with E-state index < -0.39 is 10.0 Å². The van der Waals surface area contributed by atoms with Gasteiger partial charge in [-0.15, -0.1) is 0 Å². The molecular weight excluding hydrogens is 524 g/mol. The number of anilines is 2. The lowest BCUT2D eigenvalue weighted by Gasteiger charge is -2.26. The number of nitrogens with one attached hydrogen (secondary N) is 2. The molecule has 9 heteroatoms. The largest absolute Gasteiger partial charge is 0.455 e. The minimum absolute atomic E-state index is 0.0625. The van der Waals surface area contributed by atoms with Gasteiger partial charge >= 0.3 is 0 Å². The number of rotatable bonds is 13. The van der Waals surface area contributed by atoms with Crippen LogP contribution in [0.3, 0.4) is 0 Å². The molecule has 0 saturated carbocycles. The molecule has 2 N–H and O–H groups in total. The number of amides is 1. The monoisotopic (exact) mass is 564 g/mol. The molecular formula is C31H40N4O4S. The van der Waals surface area contributed by atoms with Crippen LogP contribution in [0, 0.1) is 0 Å². The Morgan fingerprint density at radius 2 is 1.65 bits per heavy atom. The van der Waals surface area contributed by atoms with Crippen LogP contribution < -0.4 is 19.7 Å². The van der Waals surface area contributed by atoms with Gasteiger partial charge in [-0.2, -0.15) is 0 Å². The molecule has 1 heterocycles. The molecule has 40 heavy (non-hydrogen) atoms. The van der Waals surface area contributed by atoms with Crippen LogP contribution in [-0.4, -0.2) is 58.5 Å². The van der Waals surface area contributed by atoms with Gasteiger partial charge in [0.25, 0.3) is 15.9 Å². The minimum Gasteiger partial charge on any atom is -0.455 e. The number of likely N-dealkylation sites (tertiary alicyclic amines) is 1. The highest BCUT2D eigenvalue weighted by atomic mass is 32.2. The van der Waals surface area contributed by atoms with Crippen molar-refractivity contribution in [2.24, 2.45) is 0 Å². The van der Waals surface area contributed by atoms with E-state index in [0.29, 0.717) is 29.3 Å². The van der Waals surface area contributed by atoms with Crippen LogP contribution in [0.25, 0.3) is 0 Å². The molecule has 4 rings (SSSR count). The first-order valence-corrected chi connectivity index (χ1v) is 15.6. The van der Waals surface area contributed by atoms with E-state index in [2.05, 4.69) is 33.7 Å². The van der Waals surface area contributed by atoms with Gasteiger partial charge in [0.15, 0.2) is 5.75 Å². The van der Waals surface area contributed by atoms with E-state index in [0.717, 1.165) is 44.8 Å². The van der Waals surface area contributed by atoms with Crippen molar-refractivity contribution in [3.05, 3.63) is 78.4 Å². The van der Waals surface area contributed by atoms with Crippen molar-refractivity contribution in [3.8, 4) is 11.5 Å². The van der Waals surface area contributed by atoms with Crippen molar-refractivity contribution in [2.45, 2.75) is 44.4 Å². The highest BCUT2D eigenvalue weighted by molar-refractivity contribution is 7.92. The summed E-state index contributed by atoms with van der Waals surface area (Å²) >= 11 is 0. The number of nitrogens with zero attached hydrogens (tertiary/aromatic N) is 2. The van der Waals surface area contributed by atoms with Crippen molar-refractivity contribution in [2.75, 3.05) is 48.9 Å². The Balaban J connectivity index is 1.37. The fourth-order valence-electron chi connectivity index (χ4n) is 4.88. The standard InChI is InChI=1S/C31H40N4O4S/c1-3-35(4-2)26-12-10-13-27(24-26)39-30-15-7-6-14-29(30)33-40(37,38)28-18-16-25(17-19-28)31(36)32-20-11-23-34-21-8-5-9-22-34/h6-7,10,12-19,24,33H,3-5,8-9,11,20-23H2,1-2H3,(H,32,36). The van der Waals surface area contributed by atoms with Crippen LogP contribution in [-0.2, 0) is 10.0 Å². The summed E-state index contributed by atoms with van der Waals surface area (Å²) in [5, 5.41) is 2.94. The number of sulfonamides is 1. The summed E-state index contributed by atoms with van der Waals surface area (Å²) in [5.74, 6) is 0.798. The topological polar surface area (TPSA) is 91.0 Å². The third-order valence-electron chi connectivity index (χ3n) is 7.12. The smallest absolute Gasteiger partial charge is 0.262 e. The third kappa shape index (κ3) is 7.99. The molecule has 1 fully saturated rings.